The van der Waals surface area contributed by atoms with Crippen LogP contribution in [0.1, 0.15) is 38.9 Å². The molecule has 6 nitrogen and oxygen atoms in total. The molecule has 1 fully saturated rings. The van der Waals surface area contributed by atoms with Crippen LogP contribution in [0.3, 0.4) is 0 Å². The molecule has 122 valence electrons. The van der Waals surface area contributed by atoms with Gasteiger partial charge in [-0.3, -0.25) is 4.79 Å². The predicted molar refractivity (Wildman–Crippen MR) is 82.9 cm³/mol. The highest BCUT2D eigenvalue weighted by atomic mass is 16.5. The second-order valence-corrected chi connectivity index (χ2v) is 5.69. The fraction of sp³-hybridized carbons (Fsp3) is 0.471. The predicted octanol–water partition coefficient (Wildman–Crippen LogP) is 2.52. The number of nitriles is 1. The Bertz CT molecular complexity index is 618. The molecule has 0 aromatic carbocycles. The molecule has 0 unspecified atom stereocenters. The minimum absolute atomic E-state index is 0.138. The maximum Gasteiger partial charge on any atom is 0.349 e. The van der Waals surface area contributed by atoms with Crippen LogP contribution in [0.5, 0.6) is 0 Å². The van der Waals surface area contributed by atoms with Gasteiger partial charge in [-0.1, -0.05) is 0 Å². The topological polar surface area (TPSA) is 83.5 Å². The van der Waals surface area contributed by atoms with Crippen molar-refractivity contribution < 1.29 is 18.7 Å². The fourth-order valence-corrected chi connectivity index (χ4v) is 2.84. The molecule has 0 radical (unpaired) electrons. The van der Waals surface area contributed by atoms with Crippen LogP contribution < -0.4 is 0 Å². The second-order valence-electron chi connectivity index (χ2n) is 5.69. The molecule has 1 aliphatic rings. The van der Waals surface area contributed by atoms with E-state index in [1.165, 1.54) is 12.3 Å². The van der Waals surface area contributed by atoms with E-state index < -0.39 is 5.97 Å². The van der Waals surface area contributed by atoms with Crippen LogP contribution in [0.2, 0.25) is 0 Å². The number of hydrogen-bond donors (Lipinski definition) is 0. The van der Waals surface area contributed by atoms with Crippen molar-refractivity contribution in [1.29, 1.82) is 5.26 Å². The van der Waals surface area contributed by atoms with E-state index in [2.05, 4.69) is 0 Å². The zero-order valence-electron chi connectivity index (χ0n) is 13.3. The van der Waals surface area contributed by atoms with Gasteiger partial charge >= 0.3 is 5.97 Å². The number of esters is 1. The molecule has 1 amide bonds. The third-order valence-electron chi connectivity index (χ3n) is 3.98. The normalized spacial score (nSPS) is 21.6. The number of nitrogens with zero attached hydrogens (tertiary/aromatic N) is 2. The molecule has 2 atom stereocenters. The first-order valence-corrected chi connectivity index (χ1v) is 7.66. The molecular formula is C17H20N2O4. The Morgan fingerprint density at radius 2 is 2.13 bits per heavy atom. The van der Waals surface area contributed by atoms with Crippen molar-refractivity contribution in [3.8, 4) is 6.07 Å². The summed E-state index contributed by atoms with van der Waals surface area (Å²) in [6.07, 6.45) is 5.72. The number of likely N-dealkylation sites (tertiary alicyclic amines) is 1. The lowest BCUT2D eigenvalue weighted by Gasteiger charge is -2.38. The molecule has 6 heteroatoms. The van der Waals surface area contributed by atoms with Gasteiger partial charge in [-0.15, -0.1) is 0 Å². The SMILES string of the molecule is C[C@H]1CCC[C@H](C)N1C(=O)COC(=O)/C(C#N)=C/c1ccco1. The summed E-state index contributed by atoms with van der Waals surface area (Å²) in [5.41, 5.74) is -0.201. The summed E-state index contributed by atoms with van der Waals surface area (Å²) in [4.78, 5) is 26.0. The second kappa shape index (κ2) is 7.63. The van der Waals surface area contributed by atoms with Crippen molar-refractivity contribution in [2.24, 2.45) is 0 Å². The molecule has 23 heavy (non-hydrogen) atoms. The highest BCUT2D eigenvalue weighted by Crippen LogP contribution is 2.22. The molecule has 1 aromatic heterocycles. The lowest BCUT2D eigenvalue weighted by molar-refractivity contribution is -0.151. The first-order valence-electron chi connectivity index (χ1n) is 7.66. The van der Waals surface area contributed by atoms with E-state index in [1.54, 1.807) is 23.1 Å². The Morgan fingerprint density at radius 1 is 1.43 bits per heavy atom. The quantitative estimate of drug-likeness (QED) is 0.484. The summed E-state index contributed by atoms with van der Waals surface area (Å²) in [5.74, 6) is -0.675. The van der Waals surface area contributed by atoms with E-state index in [1.807, 2.05) is 13.8 Å². The molecule has 2 heterocycles. The highest BCUT2D eigenvalue weighted by Gasteiger charge is 2.29. The van der Waals surface area contributed by atoms with Gasteiger partial charge in [0, 0.05) is 18.2 Å². The van der Waals surface area contributed by atoms with Gasteiger partial charge in [-0.2, -0.15) is 5.26 Å². The standard InChI is InChI=1S/C17H20N2O4/c1-12-5-3-6-13(2)19(12)16(20)11-23-17(21)14(10-18)9-15-7-4-8-22-15/h4,7-9,12-13H,3,5-6,11H2,1-2H3/b14-9+/t12-,13-/m0/s1. The minimum atomic E-state index is -0.824. The van der Waals surface area contributed by atoms with Gasteiger partial charge in [0.25, 0.3) is 5.91 Å². The summed E-state index contributed by atoms with van der Waals surface area (Å²) in [7, 11) is 0. The van der Waals surface area contributed by atoms with Crippen molar-refractivity contribution in [2.45, 2.75) is 45.2 Å². The minimum Gasteiger partial charge on any atom is -0.465 e. The van der Waals surface area contributed by atoms with E-state index in [0.29, 0.717) is 5.76 Å². The molecule has 2 rings (SSSR count). The Morgan fingerprint density at radius 3 is 2.70 bits per heavy atom. The van der Waals surface area contributed by atoms with Crippen molar-refractivity contribution >= 4 is 18.0 Å². The van der Waals surface area contributed by atoms with E-state index in [9.17, 15) is 9.59 Å². The zero-order valence-corrected chi connectivity index (χ0v) is 13.3. The fourth-order valence-electron chi connectivity index (χ4n) is 2.84. The van der Waals surface area contributed by atoms with Gasteiger partial charge in [0.2, 0.25) is 0 Å². The summed E-state index contributed by atoms with van der Waals surface area (Å²) >= 11 is 0. The maximum absolute atomic E-state index is 12.3. The van der Waals surface area contributed by atoms with Gasteiger partial charge in [0.15, 0.2) is 6.61 Å². The molecule has 0 aliphatic carbocycles. The maximum atomic E-state index is 12.3. The Balaban J connectivity index is 1.95. The van der Waals surface area contributed by atoms with E-state index >= 15 is 0 Å². The smallest absolute Gasteiger partial charge is 0.349 e. The van der Waals surface area contributed by atoms with E-state index in [0.717, 1.165) is 19.3 Å². The van der Waals surface area contributed by atoms with Gasteiger partial charge in [-0.05, 0) is 45.2 Å². The van der Waals surface area contributed by atoms with E-state index in [4.69, 9.17) is 14.4 Å². The summed E-state index contributed by atoms with van der Waals surface area (Å²) < 4.78 is 10.0. The van der Waals surface area contributed by atoms with Crippen molar-refractivity contribution in [1.82, 2.24) is 4.90 Å². The lowest BCUT2D eigenvalue weighted by atomic mass is 9.97. The molecule has 1 saturated heterocycles. The number of ether oxygens (including phenoxy) is 1. The average Bonchev–Trinajstić information content (AvgIpc) is 3.03. The summed E-state index contributed by atoms with van der Waals surface area (Å²) in [6.45, 7) is 3.63. The first-order chi connectivity index (χ1) is 11.0. The first kappa shape index (κ1) is 16.8. The summed E-state index contributed by atoms with van der Waals surface area (Å²) in [5, 5.41) is 9.04. The molecular weight excluding hydrogens is 296 g/mol. The van der Waals surface area contributed by atoms with Crippen LogP contribution in [0, 0.1) is 11.3 Å². The van der Waals surface area contributed by atoms with Gasteiger partial charge in [0.05, 0.1) is 6.26 Å². The van der Waals surface area contributed by atoms with Crippen LogP contribution in [-0.2, 0) is 14.3 Å². The molecule has 0 saturated carbocycles. The Labute approximate surface area is 135 Å². The Hall–Kier alpha value is -2.55. The van der Waals surface area contributed by atoms with Gasteiger partial charge in [0.1, 0.15) is 17.4 Å². The Kier molecular flexibility index (Phi) is 5.58. The van der Waals surface area contributed by atoms with Crippen LogP contribution >= 0.6 is 0 Å². The molecule has 0 bridgehead atoms. The van der Waals surface area contributed by atoms with Crippen molar-refractivity contribution in [2.75, 3.05) is 6.61 Å². The van der Waals surface area contributed by atoms with Crippen molar-refractivity contribution in [3.63, 3.8) is 0 Å². The number of carbonyl (C=O) groups excluding carboxylic acids is 2. The van der Waals surface area contributed by atoms with Crippen LogP contribution in [0.25, 0.3) is 6.08 Å². The monoisotopic (exact) mass is 316 g/mol. The number of hydrogen-bond acceptors (Lipinski definition) is 5. The van der Waals surface area contributed by atoms with E-state index in [-0.39, 0.29) is 30.2 Å². The molecule has 1 aromatic rings. The zero-order chi connectivity index (χ0) is 16.8. The summed E-state index contributed by atoms with van der Waals surface area (Å²) in [6, 6.07) is 5.30. The van der Waals surface area contributed by atoms with Crippen molar-refractivity contribution in [3.05, 3.63) is 29.7 Å². The largest absolute Gasteiger partial charge is 0.465 e. The average molecular weight is 316 g/mol. The molecule has 0 N–H and O–H groups in total. The lowest BCUT2D eigenvalue weighted by Crippen LogP contribution is -2.49. The van der Waals surface area contributed by atoms with Gasteiger partial charge < -0.3 is 14.1 Å². The molecule has 0 spiro atoms. The third-order valence-corrected chi connectivity index (χ3v) is 3.98. The number of carbonyl (C=O) groups is 2. The van der Waals surface area contributed by atoms with Crippen LogP contribution in [-0.4, -0.2) is 35.5 Å². The number of rotatable bonds is 4. The number of piperidine rings is 1. The third kappa shape index (κ3) is 4.22. The highest BCUT2D eigenvalue weighted by molar-refractivity contribution is 5.98. The number of amides is 1. The van der Waals surface area contributed by atoms with Gasteiger partial charge in [-0.25, -0.2) is 4.79 Å². The number of furan rings is 1. The van der Waals surface area contributed by atoms with Crippen LogP contribution in [0.4, 0.5) is 0 Å². The van der Waals surface area contributed by atoms with Crippen LogP contribution in [0.15, 0.2) is 28.4 Å². The molecule has 1 aliphatic heterocycles.